The summed E-state index contributed by atoms with van der Waals surface area (Å²) in [5.74, 6) is -0.165. The van der Waals surface area contributed by atoms with Crippen LogP contribution in [0.15, 0.2) is 30.3 Å². The van der Waals surface area contributed by atoms with Crippen LogP contribution in [0.5, 0.6) is 0 Å². The van der Waals surface area contributed by atoms with Gasteiger partial charge in [0.05, 0.1) is 18.2 Å². The lowest BCUT2D eigenvalue weighted by molar-refractivity contribution is -0.150. The van der Waals surface area contributed by atoms with Gasteiger partial charge in [0.25, 0.3) is 0 Å². The summed E-state index contributed by atoms with van der Waals surface area (Å²) in [6.45, 7) is 7.09. The molecule has 1 aromatic carbocycles. The van der Waals surface area contributed by atoms with Gasteiger partial charge in [0.15, 0.2) is 0 Å². The predicted molar refractivity (Wildman–Crippen MR) is 87.7 cm³/mol. The number of ether oxygens (including phenoxy) is 1. The Kier molecular flexibility index (Phi) is 8.61. The fourth-order valence-electron chi connectivity index (χ4n) is 1.69. The van der Waals surface area contributed by atoms with E-state index >= 15 is 0 Å². The predicted octanol–water partition coefficient (Wildman–Crippen LogP) is 3.39. The largest absolute Gasteiger partial charge is 0.469 e. The third kappa shape index (κ3) is 7.74. The molecule has 2 N–H and O–H groups in total. The van der Waals surface area contributed by atoms with E-state index in [1.807, 2.05) is 44.2 Å². The molecule has 0 fully saturated rings. The average Bonchev–Trinajstić information content (AvgIpc) is 2.45. The van der Waals surface area contributed by atoms with E-state index in [0.717, 1.165) is 5.56 Å². The molecule has 0 aromatic heterocycles. The van der Waals surface area contributed by atoms with Crippen LogP contribution in [-0.4, -0.2) is 28.5 Å². The lowest BCUT2D eigenvalue weighted by Crippen LogP contribution is -2.27. The summed E-state index contributed by atoms with van der Waals surface area (Å²) in [5, 5.41) is 0. The van der Waals surface area contributed by atoms with Gasteiger partial charge in [-0.25, -0.2) is 0 Å². The summed E-state index contributed by atoms with van der Waals surface area (Å²) >= 11 is 0. The van der Waals surface area contributed by atoms with Gasteiger partial charge in [0.1, 0.15) is 0 Å². The van der Waals surface area contributed by atoms with Crippen LogP contribution in [0.3, 0.4) is 0 Å². The zero-order chi connectivity index (χ0) is 17.4. The van der Waals surface area contributed by atoms with Crippen LogP contribution in [0.2, 0.25) is 0 Å². The number of carbonyl (C=O) groups is 1. The SMILES string of the molecule is CCC(C)P(=O)(O)O.COC(=O)C(C)(C)Cc1ccccc1. The quantitative estimate of drug-likeness (QED) is 0.638. The molecule has 126 valence electrons. The summed E-state index contributed by atoms with van der Waals surface area (Å²) in [5.41, 5.74) is 0.223. The molecular formula is C16H27O5P. The van der Waals surface area contributed by atoms with E-state index in [9.17, 15) is 9.36 Å². The molecule has 1 rings (SSSR count). The molecule has 0 aliphatic carbocycles. The highest BCUT2D eigenvalue weighted by Crippen LogP contribution is 2.42. The minimum absolute atomic E-state index is 0.165. The second-order valence-electron chi connectivity index (χ2n) is 5.88. The molecule has 0 aliphatic rings. The topological polar surface area (TPSA) is 83.8 Å². The minimum Gasteiger partial charge on any atom is -0.469 e. The molecule has 22 heavy (non-hydrogen) atoms. The van der Waals surface area contributed by atoms with Gasteiger partial charge in [-0.1, -0.05) is 44.2 Å². The van der Waals surface area contributed by atoms with E-state index in [-0.39, 0.29) is 5.97 Å². The molecule has 1 unspecified atom stereocenters. The van der Waals surface area contributed by atoms with E-state index in [2.05, 4.69) is 0 Å². The number of carbonyl (C=O) groups excluding carboxylic acids is 1. The van der Waals surface area contributed by atoms with Gasteiger partial charge in [0.2, 0.25) is 0 Å². The number of hydrogen-bond donors (Lipinski definition) is 2. The summed E-state index contributed by atoms with van der Waals surface area (Å²) in [4.78, 5) is 28.2. The third-order valence-corrected chi connectivity index (χ3v) is 4.91. The van der Waals surface area contributed by atoms with Crippen LogP contribution in [0.1, 0.15) is 39.7 Å². The molecule has 0 saturated carbocycles. The van der Waals surface area contributed by atoms with Crippen molar-refractivity contribution in [2.24, 2.45) is 5.41 Å². The highest BCUT2D eigenvalue weighted by molar-refractivity contribution is 7.52. The van der Waals surface area contributed by atoms with Crippen LogP contribution in [0.4, 0.5) is 0 Å². The fourth-order valence-corrected chi connectivity index (χ4v) is 2.17. The van der Waals surface area contributed by atoms with Crippen LogP contribution >= 0.6 is 7.60 Å². The van der Waals surface area contributed by atoms with Crippen LogP contribution in [0, 0.1) is 5.41 Å². The van der Waals surface area contributed by atoms with Crippen LogP contribution < -0.4 is 0 Å². The Balaban J connectivity index is 0.000000472. The lowest BCUT2D eigenvalue weighted by Gasteiger charge is -2.21. The Hall–Kier alpha value is -1.16. The maximum atomic E-state index is 11.4. The third-order valence-electron chi connectivity index (χ3n) is 3.39. The number of hydrogen-bond acceptors (Lipinski definition) is 3. The maximum absolute atomic E-state index is 11.4. The van der Waals surface area contributed by atoms with Crippen molar-refractivity contribution >= 4 is 13.6 Å². The smallest absolute Gasteiger partial charge is 0.328 e. The Labute approximate surface area is 132 Å². The molecule has 0 saturated heterocycles. The first-order chi connectivity index (χ1) is 10.0. The second-order valence-corrected chi connectivity index (χ2v) is 7.94. The molecule has 0 bridgehead atoms. The molecule has 0 radical (unpaired) electrons. The van der Waals surface area contributed by atoms with E-state index in [0.29, 0.717) is 12.8 Å². The summed E-state index contributed by atoms with van der Waals surface area (Å²) in [7, 11) is -2.33. The molecule has 0 heterocycles. The monoisotopic (exact) mass is 330 g/mol. The highest BCUT2D eigenvalue weighted by atomic mass is 31.2. The van der Waals surface area contributed by atoms with E-state index in [1.165, 1.54) is 7.11 Å². The number of benzene rings is 1. The summed E-state index contributed by atoms with van der Waals surface area (Å²) < 4.78 is 15.0. The van der Waals surface area contributed by atoms with E-state index in [1.54, 1.807) is 13.8 Å². The Morgan fingerprint density at radius 1 is 1.27 bits per heavy atom. The Morgan fingerprint density at radius 2 is 1.77 bits per heavy atom. The first kappa shape index (κ1) is 20.8. The first-order valence-electron chi connectivity index (χ1n) is 7.22. The van der Waals surface area contributed by atoms with Crippen LogP contribution in [-0.2, 0) is 20.5 Å². The minimum atomic E-state index is -3.76. The van der Waals surface area contributed by atoms with Crippen LogP contribution in [0.25, 0.3) is 0 Å². The van der Waals surface area contributed by atoms with Crippen molar-refractivity contribution in [3.8, 4) is 0 Å². The van der Waals surface area contributed by atoms with Crippen molar-refractivity contribution in [2.75, 3.05) is 7.11 Å². The van der Waals surface area contributed by atoms with Gasteiger partial charge in [-0.3, -0.25) is 9.36 Å². The van der Waals surface area contributed by atoms with Gasteiger partial charge < -0.3 is 14.5 Å². The zero-order valence-electron chi connectivity index (χ0n) is 13.9. The van der Waals surface area contributed by atoms with Gasteiger partial charge >= 0.3 is 13.6 Å². The van der Waals surface area contributed by atoms with E-state index < -0.39 is 18.7 Å². The summed E-state index contributed by atoms with van der Waals surface area (Å²) in [6.07, 6.45) is 1.24. The number of rotatable bonds is 5. The lowest BCUT2D eigenvalue weighted by atomic mass is 9.86. The van der Waals surface area contributed by atoms with Gasteiger partial charge in [-0.05, 0) is 32.3 Å². The molecule has 6 heteroatoms. The molecule has 1 aromatic rings. The van der Waals surface area contributed by atoms with Crippen molar-refractivity contribution in [1.29, 1.82) is 0 Å². The number of esters is 1. The molecule has 1 atom stereocenters. The highest BCUT2D eigenvalue weighted by Gasteiger charge is 2.28. The van der Waals surface area contributed by atoms with Gasteiger partial charge in [0, 0.05) is 0 Å². The second kappa shape index (κ2) is 9.09. The Morgan fingerprint density at radius 3 is 2.09 bits per heavy atom. The summed E-state index contributed by atoms with van der Waals surface area (Å²) in [6, 6.07) is 9.95. The molecule has 0 amide bonds. The van der Waals surface area contributed by atoms with Crippen molar-refractivity contribution in [3.63, 3.8) is 0 Å². The van der Waals surface area contributed by atoms with Crippen molar-refractivity contribution < 1.29 is 23.9 Å². The zero-order valence-corrected chi connectivity index (χ0v) is 14.8. The maximum Gasteiger partial charge on any atom is 0.328 e. The Bertz CT molecular complexity index is 493. The molecule has 5 nitrogen and oxygen atoms in total. The van der Waals surface area contributed by atoms with Gasteiger partial charge in [-0.15, -0.1) is 0 Å². The molecular weight excluding hydrogens is 303 g/mol. The normalized spacial score (nSPS) is 12.9. The standard InChI is InChI=1S/C12H16O2.C4H11O3P/c1-12(2,11(13)14-3)9-10-7-5-4-6-8-10;1-3-4(2)8(5,6)7/h4-8H,9H2,1-3H3;4H,3H2,1-2H3,(H2,5,6,7). The average molecular weight is 330 g/mol. The fraction of sp³-hybridized carbons (Fsp3) is 0.562. The van der Waals surface area contributed by atoms with Crippen molar-refractivity contribution in [2.45, 2.75) is 46.2 Å². The number of methoxy groups -OCH3 is 1. The van der Waals surface area contributed by atoms with Crippen molar-refractivity contribution in [1.82, 2.24) is 0 Å². The van der Waals surface area contributed by atoms with Gasteiger partial charge in [-0.2, -0.15) is 0 Å². The first-order valence-corrected chi connectivity index (χ1v) is 8.90. The van der Waals surface area contributed by atoms with E-state index in [4.69, 9.17) is 14.5 Å². The van der Waals surface area contributed by atoms with Crippen molar-refractivity contribution in [3.05, 3.63) is 35.9 Å². The molecule has 0 spiro atoms. The molecule has 0 aliphatic heterocycles.